The van der Waals surface area contributed by atoms with Crippen LogP contribution in [0.15, 0.2) is 59.5 Å². The molecule has 0 aromatic heterocycles. The Hall–Kier alpha value is -3.61. The standard InChI is InChI=1S/C26H23ClF4N2OS.C4H6O4/c27-23-8-6-17-9-11-32-12-10-21(17)24(23)35-15-16-1-3-18(4-2-16)25(34)33-14-19-5-7-20(28)13-22(19)26(29,30)31;5-3(6)1-2-4(7)8/h1-8,13,32H,9-12,14-15H2,(H,33,34);1-2H2,(H,5,6)(H,7,8). The second kappa shape index (κ2) is 15.7. The van der Waals surface area contributed by atoms with E-state index in [2.05, 4.69) is 16.7 Å². The Morgan fingerprint density at radius 2 is 1.58 bits per heavy atom. The topological polar surface area (TPSA) is 116 Å². The smallest absolute Gasteiger partial charge is 0.416 e. The van der Waals surface area contributed by atoms with E-state index in [9.17, 15) is 31.9 Å². The van der Waals surface area contributed by atoms with E-state index in [-0.39, 0.29) is 24.9 Å². The van der Waals surface area contributed by atoms with Gasteiger partial charge in [-0.3, -0.25) is 14.4 Å². The number of halogens is 5. The Labute approximate surface area is 254 Å². The Kier molecular flexibility index (Phi) is 12.4. The Bertz CT molecular complexity index is 1440. The molecule has 0 bridgehead atoms. The number of amides is 1. The van der Waals surface area contributed by atoms with E-state index in [0.717, 1.165) is 53.5 Å². The van der Waals surface area contributed by atoms with Crippen LogP contribution in [0.4, 0.5) is 17.6 Å². The summed E-state index contributed by atoms with van der Waals surface area (Å²) < 4.78 is 52.8. The average molecular weight is 641 g/mol. The fourth-order valence-electron chi connectivity index (χ4n) is 4.23. The molecule has 0 radical (unpaired) electrons. The number of carboxylic acid groups (broad SMARTS) is 2. The predicted octanol–water partition coefficient (Wildman–Crippen LogP) is 6.34. The van der Waals surface area contributed by atoms with E-state index in [0.29, 0.717) is 17.4 Å². The molecule has 3 aromatic carbocycles. The predicted molar refractivity (Wildman–Crippen MR) is 155 cm³/mol. The molecule has 13 heteroatoms. The molecule has 4 rings (SSSR count). The summed E-state index contributed by atoms with van der Waals surface area (Å²) in [5, 5.41) is 22.4. The van der Waals surface area contributed by atoms with Crippen LogP contribution in [0.1, 0.15) is 51.0 Å². The van der Waals surface area contributed by atoms with Crippen LogP contribution < -0.4 is 10.6 Å². The summed E-state index contributed by atoms with van der Waals surface area (Å²) >= 11 is 8.15. The number of hydrogen-bond donors (Lipinski definition) is 4. The van der Waals surface area contributed by atoms with Crippen molar-refractivity contribution in [3.8, 4) is 0 Å². The third-order valence-corrected chi connectivity index (χ3v) is 8.06. The Morgan fingerprint density at radius 1 is 0.930 bits per heavy atom. The molecule has 4 N–H and O–H groups in total. The lowest BCUT2D eigenvalue weighted by Crippen LogP contribution is -2.24. The minimum atomic E-state index is -4.71. The Balaban J connectivity index is 0.000000557. The molecule has 3 aromatic rings. The van der Waals surface area contributed by atoms with Crippen molar-refractivity contribution in [2.45, 2.75) is 49.1 Å². The average Bonchev–Trinajstić information content (AvgIpc) is 3.21. The molecule has 1 aliphatic heterocycles. The molecule has 1 amide bonds. The van der Waals surface area contributed by atoms with Crippen LogP contribution in [0.2, 0.25) is 5.02 Å². The maximum atomic E-state index is 13.3. The zero-order valence-electron chi connectivity index (χ0n) is 22.8. The van der Waals surface area contributed by atoms with Crippen LogP contribution in [0.25, 0.3) is 0 Å². The second-order valence-corrected chi connectivity index (χ2v) is 10.9. The number of carbonyl (C=O) groups excluding carboxylic acids is 1. The van der Waals surface area contributed by atoms with Gasteiger partial charge < -0.3 is 20.8 Å². The first-order valence-corrected chi connectivity index (χ1v) is 14.5. The van der Waals surface area contributed by atoms with Crippen molar-refractivity contribution < 1.29 is 42.2 Å². The van der Waals surface area contributed by atoms with Crippen LogP contribution >= 0.6 is 23.4 Å². The largest absolute Gasteiger partial charge is 0.481 e. The van der Waals surface area contributed by atoms with Gasteiger partial charge in [-0.25, -0.2) is 4.39 Å². The first-order chi connectivity index (χ1) is 20.3. The highest BCUT2D eigenvalue weighted by molar-refractivity contribution is 7.98. The molecule has 0 atom stereocenters. The van der Waals surface area contributed by atoms with Gasteiger partial charge in [0.1, 0.15) is 5.82 Å². The summed E-state index contributed by atoms with van der Waals surface area (Å²) in [5.74, 6) is -2.98. The van der Waals surface area contributed by atoms with Crippen molar-refractivity contribution in [1.29, 1.82) is 0 Å². The molecule has 0 unspecified atom stereocenters. The van der Waals surface area contributed by atoms with Gasteiger partial charge in [-0.05, 0) is 78.5 Å². The number of thioether (sulfide) groups is 1. The van der Waals surface area contributed by atoms with Gasteiger partial charge in [-0.2, -0.15) is 13.2 Å². The summed E-state index contributed by atoms with van der Waals surface area (Å²) in [6, 6.07) is 13.3. The molecule has 0 saturated carbocycles. The van der Waals surface area contributed by atoms with Crippen LogP contribution in [-0.2, 0) is 40.9 Å². The van der Waals surface area contributed by atoms with Crippen LogP contribution in [0.5, 0.6) is 0 Å². The third kappa shape index (κ3) is 10.6. The van der Waals surface area contributed by atoms with Gasteiger partial charge in [0.25, 0.3) is 5.91 Å². The number of aliphatic carboxylic acids is 2. The normalized spacial score (nSPS) is 12.8. The lowest BCUT2D eigenvalue weighted by atomic mass is 10.0. The lowest BCUT2D eigenvalue weighted by Gasteiger charge is -2.14. The quantitative estimate of drug-likeness (QED) is 0.159. The summed E-state index contributed by atoms with van der Waals surface area (Å²) in [7, 11) is 0. The lowest BCUT2D eigenvalue weighted by molar-refractivity contribution is -0.143. The molecule has 0 spiro atoms. The first-order valence-electron chi connectivity index (χ1n) is 13.1. The second-order valence-electron chi connectivity index (χ2n) is 9.52. The number of hydrogen-bond acceptors (Lipinski definition) is 5. The van der Waals surface area contributed by atoms with E-state index in [1.807, 2.05) is 18.2 Å². The molecule has 7 nitrogen and oxygen atoms in total. The highest BCUT2D eigenvalue weighted by Crippen LogP contribution is 2.36. The molecule has 230 valence electrons. The number of rotatable bonds is 9. The molecule has 0 fully saturated rings. The summed E-state index contributed by atoms with van der Waals surface area (Å²) in [6.07, 6.45) is -3.42. The van der Waals surface area contributed by atoms with Crippen LogP contribution in [0, 0.1) is 5.82 Å². The van der Waals surface area contributed by atoms with Gasteiger partial charge in [-0.15, -0.1) is 11.8 Å². The zero-order valence-corrected chi connectivity index (χ0v) is 24.3. The molecule has 1 heterocycles. The maximum absolute atomic E-state index is 13.3. The van der Waals surface area contributed by atoms with E-state index in [4.69, 9.17) is 21.8 Å². The molecule has 1 aliphatic rings. The van der Waals surface area contributed by atoms with Gasteiger partial charge in [-0.1, -0.05) is 35.9 Å². The van der Waals surface area contributed by atoms with Gasteiger partial charge in [0, 0.05) is 22.8 Å². The van der Waals surface area contributed by atoms with Crippen molar-refractivity contribution in [2.24, 2.45) is 0 Å². The monoisotopic (exact) mass is 640 g/mol. The minimum absolute atomic E-state index is 0.200. The van der Waals surface area contributed by atoms with E-state index >= 15 is 0 Å². The molecular formula is C30H29ClF4N2O5S. The minimum Gasteiger partial charge on any atom is -0.481 e. The van der Waals surface area contributed by atoms with Crippen LogP contribution in [-0.4, -0.2) is 41.1 Å². The van der Waals surface area contributed by atoms with Crippen molar-refractivity contribution in [3.05, 3.63) is 98.8 Å². The van der Waals surface area contributed by atoms with E-state index in [1.54, 1.807) is 23.9 Å². The fourth-order valence-corrected chi connectivity index (χ4v) is 5.69. The van der Waals surface area contributed by atoms with Crippen molar-refractivity contribution in [1.82, 2.24) is 10.6 Å². The zero-order chi connectivity index (χ0) is 31.6. The number of alkyl halides is 3. The maximum Gasteiger partial charge on any atom is 0.416 e. The van der Waals surface area contributed by atoms with Crippen LogP contribution in [0.3, 0.4) is 0 Å². The van der Waals surface area contributed by atoms with Crippen molar-refractivity contribution in [2.75, 3.05) is 13.1 Å². The van der Waals surface area contributed by atoms with Gasteiger partial charge >= 0.3 is 18.1 Å². The molecular weight excluding hydrogens is 612 g/mol. The third-order valence-electron chi connectivity index (χ3n) is 6.40. The summed E-state index contributed by atoms with van der Waals surface area (Å²) in [4.78, 5) is 32.8. The number of nitrogens with one attached hydrogen (secondary N) is 2. The number of benzene rings is 3. The number of carbonyl (C=O) groups is 3. The van der Waals surface area contributed by atoms with E-state index < -0.39 is 35.4 Å². The molecule has 0 aliphatic carbocycles. The summed E-state index contributed by atoms with van der Waals surface area (Å²) in [5.41, 5.74) is 2.61. The first kappa shape index (κ1) is 33.9. The van der Waals surface area contributed by atoms with Crippen molar-refractivity contribution >= 4 is 41.2 Å². The van der Waals surface area contributed by atoms with Crippen molar-refractivity contribution in [3.63, 3.8) is 0 Å². The highest BCUT2D eigenvalue weighted by Gasteiger charge is 2.33. The van der Waals surface area contributed by atoms with Gasteiger partial charge in [0.15, 0.2) is 0 Å². The van der Waals surface area contributed by atoms with Gasteiger partial charge in [0.2, 0.25) is 0 Å². The summed E-state index contributed by atoms with van der Waals surface area (Å²) in [6.45, 7) is 1.49. The highest BCUT2D eigenvalue weighted by atomic mass is 35.5. The van der Waals surface area contributed by atoms with E-state index in [1.165, 1.54) is 11.1 Å². The number of fused-ring (bicyclic) bond motifs is 1. The number of carboxylic acids is 2. The molecule has 43 heavy (non-hydrogen) atoms. The Morgan fingerprint density at radius 3 is 2.21 bits per heavy atom. The fraction of sp³-hybridized carbons (Fsp3) is 0.300. The SMILES string of the molecule is O=C(NCc1ccc(F)cc1C(F)(F)F)c1ccc(CSc2c(Cl)ccc3c2CCNCC3)cc1.O=C(O)CCC(=O)O. The van der Waals surface area contributed by atoms with Gasteiger partial charge in [0.05, 0.1) is 23.4 Å². The molecule has 0 saturated heterocycles.